The standard InChI is InChI=1S/C10H11O/c1-2-8-5-6-9-4-3-7-11-10(8)9/h3-4,7H,1-2,5-6H2. The molecule has 0 fully saturated rings. The second-order valence-corrected chi connectivity index (χ2v) is 2.82. The zero-order chi connectivity index (χ0) is 7.68. The Kier molecular flexibility index (Phi) is 1.57. The van der Waals surface area contributed by atoms with Gasteiger partial charge in [-0.1, -0.05) is 6.08 Å². The molecule has 1 radical (unpaired) electrons. The van der Waals surface area contributed by atoms with Gasteiger partial charge in [-0.05, 0) is 43.4 Å². The lowest BCUT2D eigenvalue weighted by molar-refractivity contribution is 0.354. The average molecular weight is 147 g/mol. The van der Waals surface area contributed by atoms with Crippen LogP contribution in [0.25, 0.3) is 0 Å². The Balaban J connectivity index is 2.35. The molecule has 11 heavy (non-hydrogen) atoms. The molecule has 1 heteroatoms. The van der Waals surface area contributed by atoms with E-state index in [9.17, 15) is 0 Å². The van der Waals surface area contributed by atoms with Crippen molar-refractivity contribution in [1.82, 2.24) is 0 Å². The summed E-state index contributed by atoms with van der Waals surface area (Å²) in [6.45, 7) is 3.87. The highest BCUT2D eigenvalue weighted by atomic mass is 16.5. The van der Waals surface area contributed by atoms with Crippen molar-refractivity contribution >= 4 is 0 Å². The molecule has 0 aromatic heterocycles. The first-order valence-electron chi connectivity index (χ1n) is 3.96. The Morgan fingerprint density at radius 3 is 3.18 bits per heavy atom. The van der Waals surface area contributed by atoms with Gasteiger partial charge in [-0.2, -0.15) is 0 Å². The molecule has 0 unspecified atom stereocenters. The Labute approximate surface area is 67.1 Å². The van der Waals surface area contributed by atoms with E-state index >= 15 is 0 Å². The third-order valence-corrected chi connectivity index (χ3v) is 2.17. The van der Waals surface area contributed by atoms with E-state index in [1.165, 1.54) is 11.1 Å². The molecule has 57 valence electrons. The monoisotopic (exact) mass is 147 g/mol. The lowest BCUT2D eigenvalue weighted by Crippen LogP contribution is -1.91. The van der Waals surface area contributed by atoms with Crippen molar-refractivity contribution in [1.29, 1.82) is 0 Å². The van der Waals surface area contributed by atoms with Crippen LogP contribution in [0.2, 0.25) is 0 Å². The van der Waals surface area contributed by atoms with Crippen LogP contribution in [0, 0.1) is 6.92 Å². The normalized spacial score (nSPS) is 21.4. The van der Waals surface area contributed by atoms with Crippen molar-refractivity contribution in [3.8, 4) is 0 Å². The van der Waals surface area contributed by atoms with Crippen molar-refractivity contribution < 1.29 is 4.74 Å². The molecule has 1 nitrogen and oxygen atoms in total. The van der Waals surface area contributed by atoms with E-state index in [0.717, 1.165) is 25.0 Å². The Bertz CT molecular complexity index is 256. The molecule has 2 aliphatic rings. The van der Waals surface area contributed by atoms with Crippen LogP contribution >= 0.6 is 0 Å². The zero-order valence-corrected chi connectivity index (χ0v) is 6.47. The quantitative estimate of drug-likeness (QED) is 0.554. The molecule has 0 atom stereocenters. The summed E-state index contributed by atoms with van der Waals surface area (Å²) in [5.74, 6) is 1.09. The van der Waals surface area contributed by atoms with E-state index in [-0.39, 0.29) is 0 Å². The van der Waals surface area contributed by atoms with Gasteiger partial charge < -0.3 is 4.74 Å². The van der Waals surface area contributed by atoms with Gasteiger partial charge in [0.05, 0.1) is 6.26 Å². The minimum absolute atomic E-state index is 0.876. The number of ether oxygens (including phenoxy) is 1. The lowest BCUT2D eigenvalue weighted by atomic mass is 10.2. The average Bonchev–Trinajstić information content (AvgIpc) is 2.47. The van der Waals surface area contributed by atoms with Gasteiger partial charge >= 0.3 is 0 Å². The predicted molar refractivity (Wildman–Crippen MR) is 44.5 cm³/mol. The number of hydrogen-bond acceptors (Lipinski definition) is 1. The molecule has 0 N–H and O–H groups in total. The maximum absolute atomic E-state index is 5.40. The van der Waals surface area contributed by atoms with Gasteiger partial charge in [0.1, 0.15) is 5.76 Å². The number of fused-ring (bicyclic) bond motifs is 1. The Hall–Kier alpha value is -0.980. The summed E-state index contributed by atoms with van der Waals surface area (Å²) in [5.41, 5.74) is 2.70. The van der Waals surface area contributed by atoms with Crippen molar-refractivity contribution in [3.05, 3.63) is 42.2 Å². The third kappa shape index (κ3) is 1.01. The van der Waals surface area contributed by atoms with Crippen LogP contribution in [0.3, 0.4) is 0 Å². The third-order valence-electron chi connectivity index (χ3n) is 2.17. The molecular formula is C10H11O. The molecule has 0 aromatic carbocycles. The van der Waals surface area contributed by atoms with E-state index < -0.39 is 0 Å². The highest BCUT2D eigenvalue weighted by Crippen LogP contribution is 2.35. The molecule has 0 saturated heterocycles. The Morgan fingerprint density at radius 1 is 1.45 bits per heavy atom. The first-order chi connectivity index (χ1) is 5.42. The van der Waals surface area contributed by atoms with Crippen molar-refractivity contribution in [2.45, 2.75) is 19.3 Å². The van der Waals surface area contributed by atoms with Crippen molar-refractivity contribution in [2.24, 2.45) is 0 Å². The smallest absolute Gasteiger partial charge is 0.128 e. The van der Waals surface area contributed by atoms with Crippen LogP contribution in [-0.2, 0) is 4.74 Å². The first-order valence-corrected chi connectivity index (χ1v) is 3.96. The van der Waals surface area contributed by atoms with Gasteiger partial charge in [-0.15, -0.1) is 0 Å². The van der Waals surface area contributed by atoms with Gasteiger partial charge in [0, 0.05) is 0 Å². The molecule has 0 aromatic rings. The topological polar surface area (TPSA) is 9.23 Å². The SMILES string of the molecule is [CH2]CC1=C2OC=CC=C2CC1. The molecular weight excluding hydrogens is 136 g/mol. The summed E-state index contributed by atoms with van der Waals surface area (Å²) < 4.78 is 5.40. The van der Waals surface area contributed by atoms with Crippen LogP contribution in [0.4, 0.5) is 0 Å². The summed E-state index contributed by atoms with van der Waals surface area (Å²) in [7, 11) is 0. The van der Waals surface area contributed by atoms with Gasteiger partial charge in [0.2, 0.25) is 0 Å². The second-order valence-electron chi connectivity index (χ2n) is 2.82. The van der Waals surface area contributed by atoms with Gasteiger partial charge in [-0.25, -0.2) is 0 Å². The summed E-state index contributed by atoms with van der Waals surface area (Å²) >= 11 is 0. The van der Waals surface area contributed by atoms with Crippen LogP contribution in [0.5, 0.6) is 0 Å². The van der Waals surface area contributed by atoms with Gasteiger partial charge in [-0.3, -0.25) is 0 Å². The highest BCUT2D eigenvalue weighted by Gasteiger charge is 2.20. The summed E-state index contributed by atoms with van der Waals surface area (Å²) in [6.07, 6.45) is 8.95. The maximum atomic E-state index is 5.40. The molecule has 1 aliphatic carbocycles. The largest absolute Gasteiger partial charge is 0.465 e. The fourth-order valence-electron chi connectivity index (χ4n) is 1.56. The van der Waals surface area contributed by atoms with Crippen LogP contribution in [-0.4, -0.2) is 0 Å². The van der Waals surface area contributed by atoms with Crippen LogP contribution in [0.15, 0.2) is 35.3 Å². The summed E-state index contributed by atoms with van der Waals surface area (Å²) in [4.78, 5) is 0. The molecule has 1 aliphatic heterocycles. The maximum Gasteiger partial charge on any atom is 0.128 e. The van der Waals surface area contributed by atoms with Crippen molar-refractivity contribution in [2.75, 3.05) is 0 Å². The van der Waals surface area contributed by atoms with E-state index in [2.05, 4.69) is 13.0 Å². The Morgan fingerprint density at radius 2 is 2.36 bits per heavy atom. The molecule has 0 saturated carbocycles. The number of allylic oxidation sites excluding steroid dienone is 4. The van der Waals surface area contributed by atoms with E-state index in [1.54, 1.807) is 6.26 Å². The second kappa shape index (κ2) is 2.57. The van der Waals surface area contributed by atoms with E-state index in [4.69, 9.17) is 4.74 Å². The fourth-order valence-corrected chi connectivity index (χ4v) is 1.56. The fraction of sp³-hybridized carbons (Fsp3) is 0.300. The minimum Gasteiger partial charge on any atom is -0.465 e. The van der Waals surface area contributed by atoms with E-state index in [1.807, 2.05) is 6.08 Å². The van der Waals surface area contributed by atoms with Crippen LogP contribution < -0.4 is 0 Å². The molecule has 0 amide bonds. The van der Waals surface area contributed by atoms with Gasteiger partial charge in [0.25, 0.3) is 0 Å². The lowest BCUT2D eigenvalue weighted by Gasteiger charge is -2.08. The molecule has 1 heterocycles. The predicted octanol–water partition coefficient (Wildman–Crippen LogP) is 2.73. The molecule has 0 spiro atoms. The molecule has 0 bridgehead atoms. The summed E-state index contributed by atoms with van der Waals surface area (Å²) in [5, 5.41) is 0. The molecule has 2 rings (SSSR count). The highest BCUT2D eigenvalue weighted by molar-refractivity contribution is 5.41. The minimum atomic E-state index is 0.876. The zero-order valence-electron chi connectivity index (χ0n) is 6.47. The van der Waals surface area contributed by atoms with Crippen LogP contribution in [0.1, 0.15) is 19.3 Å². The number of rotatable bonds is 1. The van der Waals surface area contributed by atoms with Crippen molar-refractivity contribution in [3.63, 3.8) is 0 Å². The number of hydrogen-bond donors (Lipinski definition) is 0. The first kappa shape index (κ1) is 6.71. The van der Waals surface area contributed by atoms with Gasteiger partial charge in [0.15, 0.2) is 0 Å². The summed E-state index contributed by atoms with van der Waals surface area (Å²) in [6, 6.07) is 0. The van der Waals surface area contributed by atoms with E-state index in [0.29, 0.717) is 0 Å².